The zero-order chi connectivity index (χ0) is 16.8. The number of rotatable bonds is 6. The van der Waals surface area contributed by atoms with Crippen molar-refractivity contribution < 1.29 is 4.79 Å². The predicted molar refractivity (Wildman–Crippen MR) is 92.7 cm³/mol. The molecule has 2 aromatic carbocycles. The number of carbonyl (C=O) groups is 1. The van der Waals surface area contributed by atoms with E-state index in [0.717, 1.165) is 17.7 Å². The van der Waals surface area contributed by atoms with E-state index < -0.39 is 0 Å². The lowest BCUT2D eigenvalue weighted by Crippen LogP contribution is -2.26. The van der Waals surface area contributed by atoms with Crippen LogP contribution in [0, 0.1) is 0 Å². The van der Waals surface area contributed by atoms with Gasteiger partial charge in [-0.05, 0) is 36.6 Å². The van der Waals surface area contributed by atoms with Crippen molar-refractivity contribution in [1.29, 1.82) is 0 Å². The number of aryl methyl sites for hydroxylation is 1. The zero-order valence-corrected chi connectivity index (χ0v) is 13.6. The van der Waals surface area contributed by atoms with Gasteiger partial charge in [-0.15, -0.1) is 0 Å². The third-order valence-corrected chi connectivity index (χ3v) is 3.94. The molecule has 24 heavy (non-hydrogen) atoms. The van der Waals surface area contributed by atoms with E-state index in [9.17, 15) is 4.79 Å². The van der Waals surface area contributed by atoms with Gasteiger partial charge in [-0.25, -0.2) is 9.67 Å². The van der Waals surface area contributed by atoms with E-state index in [2.05, 4.69) is 15.4 Å². The van der Waals surface area contributed by atoms with Gasteiger partial charge < -0.3 is 5.32 Å². The van der Waals surface area contributed by atoms with Crippen LogP contribution >= 0.6 is 0 Å². The molecule has 5 heteroatoms. The van der Waals surface area contributed by atoms with Crippen molar-refractivity contribution in [3.63, 3.8) is 0 Å². The van der Waals surface area contributed by atoms with Crippen LogP contribution in [0.3, 0.4) is 0 Å². The van der Waals surface area contributed by atoms with Crippen LogP contribution in [0.4, 0.5) is 0 Å². The summed E-state index contributed by atoms with van der Waals surface area (Å²) in [6.07, 6.45) is 4.41. The minimum atomic E-state index is -0.0296. The number of nitrogens with zero attached hydrogens (tertiary/aromatic N) is 3. The van der Waals surface area contributed by atoms with Gasteiger partial charge in [0.15, 0.2) is 0 Å². The molecule has 1 amide bonds. The Morgan fingerprint density at radius 1 is 1.12 bits per heavy atom. The summed E-state index contributed by atoms with van der Waals surface area (Å²) in [6.45, 7) is 1.99. The second-order valence-corrected chi connectivity index (χ2v) is 5.71. The number of hydrogen-bond acceptors (Lipinski definition) is 3. The van der Waals surface area contributed by atoms with Crippen LogP contribution in [0.1, 0.15) is 30.5 Å². The molecule has 0 bridgehead atoms. The second-order valence-electron chi connectivity index (χ2n) is 5.71. The van der Waals surface area contributed by atoms with Crippen LogP contribution in [0.5, 0.6) is 0 Å². The Bertz CT molecular complexity index is 767. The first-order chi connectivity index (χ1) is 11.7. The number of benzene rings is 2. The molecule has 0 aliphatic heterocycles. The summed E-state index contributed by atoms with van der Waals surface area (Å²) >= 11 is 0. The maximum absolute atomic E-state index is 12.1. The Hall–Kier alpha value is -2.95. The molecule has 0 radical (unpaired) electrons. The quantitative estimate of drug-likeness (QED) is 0.759. The summed E-state index contributed by atoms with van der Waals surface area (Å²) < 4.78 is 1.70. The second kappa shape index (κ2) is 7.55. The molecule has 1 heterocycles. The maximum Gasteiger partial charge on any atom is 0.220 e. The topological polar surface area (TPSA) is 59.8 Å². The molecule has 1 aromatic heterocycles. The summed E-state index contributed by atoms with van der Waals surface area (Å²) in [5.41, 5.74) is 3.18. The van der Waals surface area contributed by atoms with E-state index in [-0.39, 0.29) is 11.9 Å². The van der Waals surface area contributed by atoms with Gasteiger partial charge in [-0.3, -0.25) is 4.79 Å². The summed E-state index contributed by atoms with van der Waals surface area (Å²) in [6, 6.07) is 18.0. The number of amides is 1. The highest BCUT2D eigenvalue weighted by Crippen LogP contribution is 2.15. The highest BCUT2D eigenvalue weighted by Gasteiger charge is 2.10. The summed E-state index contributed by atoms with van der Waals surface area (Å²) in [5.74, 6) is 0.0618. The zero-order valence-electron chi connectivity index (χ0n) is 13.6. The first kappa shape index (κ1) is 15.9. The highest BCUT2D eigenvalue weighted by atomic mass is 16.1. The van der Waals surface area contributed by atoms with Gasteiger partial charge in [0.1, 0.15) is 12.7 Å². The van der Waals surface area contributed by atoms with Crippen LogP contribution in [-0.2, 0) is 11.2 Å². The largest absolute Gasteiger partial charge is 0.350 e. The molecule has 0 saturated carbocycles. The van der Waals surface area contributed by atoms with Crippen LogP contribution in [0.2, 0.25) is 0 Å². The van der Waals surface area contributed by atoms with Crippen molar-refractivity contribution in [2.45, 2.75) is 25.8 Å². The molecule has 3 rings (SSSR count). The summed E-state index contributed by atoms with van der Waals surface area (Å²) in [5, 5.41) is 7.15. The molecular weight excluding hydrogens is 300 g/mol. The van der Waals surface area contributed by atoms with E-state index in [1.54, 1.807) is 11.0 Å². The minimum Gasteiger partial charge on any atom is -0.350 e. The number of carbonyl (C=O) groups excluding carboxylic acids is 1. The average molecular weight is 320 g/mol. The Labute approximate surface area is 141 Å². The smallest absolute Gasteiger partial charge is 0.220 e. The molecule has 3 aromatic rings. The van der Waals surface area contributed by atoms with Crippen LogP contribution < -0.4 is 5.32 Å². The number of hydrogen-bond donors (Lipinski definition) is 1. The molecule has 122 valence electrons. The Balaban J connectivity index is 1.54. The lowest BCUT2D eigenvalue weighted by atomic mass is 10.1. The van der Waals surface area contributed by atoms with E-state index in [1.165, 1.54) is 11.9 Å². The molecule has 0 fully saturated rings. The fourth-order valence-corrected chi connectivity index (χ4v) is 2.56. The van der Waals surface area contributed by atoms with Crippen LogP contribution in [0.25, 0.3) is 5.69 Å². The normalized spacial score (nSPS) is 11.9. The van der Waals surface area contributed by atoms with E-state index in [4.69, 9.17) is 0 Å². The fraction of sp³-hybridized carbons (Fsp3) is 0.211. The molecule has 0 spiro atoms. The summed E-state index contributed by atoms with van der Waals surface area (Å²) in [4.78, 5) is 16.1. The SMILES string of the molecule is CC(NC(=O)CCc1ccccc1)c1ccc(-n2cncn2)cc1. The molecule has 0 aliphatic carbocycles. The third kappa shape index (κ3) is 4.07. The highest BCUT2D eigenvalue weighted by molar-refractivity contribution is 5.76. The van der Waals surface area contributed by atoms with Crippen molar-refractivity contribution in [3.05, 3.63) is 78.4 Å². The van der Waals surface area contributed by atoms with E-state index >= 15 is 0 Å². The molecule has 1 N–H and O–H groups in total. The Morgan fingerprint density at radius 3 is 2.54 bits per heavy atom. The van der Waals surface area contributed by atoms with Crippen molar-refractivity contribution in [3.8, 4) is 5.69 Å². The van der Waals surface area contributed by atoms with E-state index in [0.29, 0.717) is 6.42 Å². The lowest BCUT2D eigenvalue weighted by Gasteiger charge is -2.15. The minimum absolute atomic E-state index is 0.0296. The molecule has 1 atom stereocenters. The standard InChI is InChI=1S/C19H20N4O/c1-15(22-19(24)12-7-16-5-3-2-4-6-16)17-8-10-18(11-9-17)23-14-20-13-21-23/h2-6,8-11,13-15H,7,12H2,1H3,(H,22,24). The van der Waals surface area contributed by atoms with Crippen molar-refractivity contribution in [2.24, 2.45) is 0 Å². The van der Waals surface area contributed by atoms with Gasteiger partial charge >= 0.3 is 0 Å². The van der Waals surface area contributed by atoms with Gasteiger partial charge in [0.05, 0.1) is 11.7 Å². The Morgan fingerprint density at radius 2 is 1.88 bits per heavy atom. The molecule has 0 aliphatic rings. The van der Waals surface area contributed by atoms with E-state index in [1.807, 2.05) is 61.5 Å². The first-order valence-electron chi connectivity index (χ1n) is 8.00. The van der Waals surface area contributed by atoms with Gasteiger partial charge in [-0.1, -0.05) is 42.5 Å². The van der Waals surface area contributed by atoms with Gasteiger partial charge in [0, 0.05) is 6.42 Å². The van der Waals surface area contributed by atoms with Crippen molar-refractivity contribution in [2.75, 3.05) is 0 Å². The number of aromatic nitrogens is 3. The monoisotopic (exact) mass is 320 g/mol. The molecule has 0 saturated heterocycles. The van der Waals surface area contributed by atoms with Gasteiger partial charge in [0.25, 0.3) is 0 Å². The lowest BCUT2D eigenvalue weighted by molar-refractivity contribution is -0.121. The van der Waals surface area contributed by atoms with Gasteiger partial charge in [-0.2, -0.15) is 5.10 Å². The Kier molecular flexibility index (Phi) is 5.01. The fourth-order valence-electron chi connectivity index (χ4n) is 2.56. The van der Waals surface area contributed by atoms with Crippen LogP contribution in [0.15, 0.2) is 67.3 Å². The van der Waals surface area contributed by atoms with Crippen molar-refractivity contribution >= 4 is 5.91 Å². The first-order valence-corrected chi connectivity index (χ1v) is 8.00. The number of nitrogens with one attached hydrogen (secondary N) is 1. The molecule has 5 nitrogen and oxygen atoms in total. The van der Waals surface area contributed by atoms with Crippen molar-refractivity contribution in [1.82, 2.24) is 20.1 Å². The summed E-state index contributed by atoms with van der Waals surface area (Å²) in [7, 11) is 0. The predicted octanol–water partition coefficient (Wildman–Crippen LogP) is 3.08. The molecule has 1 unspecified atom stereocenters. The molecular formula is C19H20N4O. The average Bonchev–Trinajstić information content (AvgIpc) is 3.16. The third-order valence-electron chi connectivity index (χ3n) is 3.94. The maximum atomic E-state index is 12.1. The van der Waals surface area contributed by atoms with Crippen LogP contribution in [-0.4, -0.2) is 20.7 Å². The van der Waals surface area contributed by atoms with Gasteiger partial charge in [0.2, 0.25) is 5.91 Å².